The Hall–Kier alpha value is -1.59. The summed E-state index contributed by atoms with van der Waals surface area (Å²) in [5.74, 6) is 0.0594. The van der Waals surface area contributed by atoms with Crippen molar-refractivity contribution in [3.8, 4) is 0 Å². The largest absolute Gasteiger partial charge is 0.340 e. The zero-order valence-electron chi connectivity index (χ0n) is 13.3. The third kappa shape index (κ3) is 3.54. The van der Waals surface area contributed by atoms with Crippen molar-refractivity contribution in [3.05, 3.63) is 0 Å². The van der Waals surface area contributed by atoms with Crippen molar-refractivity contribution in [3.63, 3.8) is 0 Å². The molecule has 2 aliphatic heterocycles. The predicted molar refractivity (Wildman–Crippen MR) is 78.5 cm³/mol. The van der Waals surface area contributed by atoms with Gasteiger partial charge in [0.05, 0.1) is 6.54 Å². The van der Waals surface area contributed by atoms with Gasteiger partial charge in [-0.1, -0.05) is 27.7 Å². The van der Waals surface area contributed by atoms with Crippen LogP contribution in [0.2, 0.25) is 0 Å². The van der Waals surface area contributed by atoms with Crippen molar-refractivity contribution in [1.29, 1.82) is 0 Å². The van der Waals surface area contributed by atoms with Gasteiger partial charge in [0.1, 0.15) is 5.54 Å². The van der Waals surface area contributed by atoms with E-state index in [9.17, 15) is 14.4 Å². The van der Waals surface area contributed by atoms with Crippen LogP contribution in [0.1, 0.15) is 47.0 Å². The summed E-state index contributed by atoms with van der Waals surface area (Å²) in [6.07, 6.45) is 1.96. The van der Waals surface area contributed by atoms with Crippen LogP contribution in [-0.4, -0.2) is 41.4 Å². The first kappa shape index (κ1) is 15.8. The first-order valence-electron chi connectivity index (χ1n) is 7.53. The number of amides is 4. The SMILES string of the molecule is CC(CC(=O)N1CCC2(C1)NC(=O)NC2=O)CC(C)(C)C. The van der Waals surface area contributed by atoms with Crippen molar-refractivity contribution in [1.82, 2.24) is 15.5 Å². The van der Waals surface area contributed by atoms with E-state index >= 15 is 0 Å². The number of imide groups is 1. The van der Waals surface area contributed by atoms with Crippen molar-refractivity contribution in [2.45, 2.75) is 52.5 Å². The number of urea groups is 1. The molecule has 2 atom stereocenters. The molecular formula is C15H25N3O3. The van der Waals surface area contributed by atoms with Crippen LogP contribution in [0.15, 0.2) is 0 Å². The fourth-order valence-corrected chi connectivity index (χ4v) is 3.38. The minimum Gasteiger partial charge on any atom is -0.340 e. The van der Waals surface area contributed by atoms with Crippen LogP contribution < -0.4 is 10.6 Å². The Morgan fingerprint density at radius 1 is 1.38 bits per heavy atom. The van der Waals surface area contributed by atoms with Gasteiger partial charge in [-0.15, -0.1) is 0 Å². The summed E-state index contributed by atoms with van der Waals surface area (Å²) in [5.41, 5.74) is -0.703. The quantitative estimate of drug-likeness (QED) is 0.769. The molecule has 21 heavy (non-hydrogen) atoms. The number of hydrogen-bond donors (Lipinski definition) is 2. The Morgan fingerprint density at radius 2 is 2.05 bits per heavy atom. The zero-order chi connectivity index (χ0) is 15.8. The Labute approximate surface area is 125 Å². The number of likely N-dealkylation sites (tertiary alicyclic amines) is 1. The van der Waals surface area contributed by atoms with Crippen LogP contribution in [0, 0.1) is 11.3 Å². The second-order valence-corrected chi connectivity index (χ2v) is 7.63. The molecule has 2 fully saturated rings. The van der Waals surface area contributed by atoms with E-state index in [0.29, 0.717) is 25.3 Å². The topological polar surface area (TPSA) is 78.5 Å². The molecule has 1 spiro atoms. The van der Waals surface area contributed by atoms with Gasteiger partial charge in [0.2, 0.25) is 5.91 Å². The monoisotopic (exact) mass is 295 g/mol. The maximum absolute atomic E-state index is 12.4. The Balaban J connectivity index is 1.91. The van der Waals surface area contributed by atoms with E-state index in [0.717, 1.165) is 6.42 Å². The highest BCUT2D eigenvalue weighted by Crippen LogP contribution is 2.29. The summed E-state index contributed by atoms with van der Waals surface area (Å²) >= 11 is 0. The number of nitrogens with one attached hydrogen (secondary N) is 2. The van der Waals surface area contributed by atoms with E-state index in [1.54, 1.807) is 4.90 Å². The van der Waals surface area contributed by atoms with Crippen molar-refractivity contribution in [2.75, 3.05) is 13.1 Å². The van der Waals surface area contributed by atoms with E-state index in [1.165, 1.54) is 0 Å². The van der Waals surface area contributed by atoms with Crippen molar-refractivity contribution < 1.29 is 14.4 Å². The Bertz CT molecular complexity index is 469. The van der Waals surface area contributed by atoms with Gasteiger partial charge in [0.25, 0.3) is 5.91 Å². The summed E-state index contributed by atoms with van der Waals surface area (Å²) in [6, 6.07) is -0.463. The molecule has 0 aromatic rings. The van der Waals surface area contributed by atoms with Gasteiger partial charge >= 0.3 is 6.03 Å². The molecule has 2 heterocycles. The van der Waals surface area contributed by atoms with Crippen LogP contribution in [0.4, 0.5) is 4.79 Å². The predicted octanol–water partition coefficient (Wildman–Crippen LogP) is 1.26. The molecule has 6 heteroatoms. The average molecular weight is 295 g/mol. The molecule has 0 aromatic heterocycles. The molecule has 2 unspecified atom stereocenters. The van der Waals surface area contributed by atoms with Gasteiger partial charge in [0.15, 0.2) is 0 Å². The minimum atomic E-state index is -0.903. The molecule has 0 aromatic carbocycles. The smallest absolute Gasteiger partial charge is 0.322 e. The highest BCUT2D eigenvalue weighted by atomic mass is 16.2. The fourth-order valence-electron chi connectivity index (χ4n) is 3.38. The first-order valence-corrected chi connectivity index (χ1v) is 7.53. The van der Waals surface area contributed by atoms with Gasteiger partial charge in [-0.2, -0.15) is 0 Å². The average Bonchev–Trinajstić information content (AvgIpc) is 2.82. The molecule has 2 rings (SSSR count). The number of hydrogen-bond acceptors (Lipinski definition) is 3. The lowest BCUT2D eigenvalue weighted by atomic mass is 9.84. The fraction of sp³-hybridized carbons (Fsp3) is 0.800. The maximum atomic E-state index is 12.4. The third-order valence-electron chi connectivity index (χ3n) is 4.12. The van der Waals surface area contributed by atoms with Crippen LogP contribution in [-0.2, 0) is 9.59 Å². The molecule has 0 bridgehead atoms. The minimum absolute atomic E-state index is 0.0672. The summed E-state index contributed by atoms with van der Waals surface area (Å²) in [4.78, 5) is 37.2. The van der Waals surface area contributed by atoms with Gasteiger partial charge in [-0.25, -0.2) is 4.79 Å². The van der Waals surface area contributed by atoms with Crippen LogP contribution in [0.25, 0.3) is 0 Å². The van der Waals surface area contributed by atoms with Gasteiger partial charge in [-0.3, -0.25) is 14.9 Å². The highest BCUT2D eigenvalue weighted by molar-refractivity contribution is 6.07. The number of carbonyl (C=O) groups is 3. The third-order valence-corrected chi connectivity index (χ3v) is 4.12. The normalized spacial score (nSPS) is 27.0. The summed E-state index contributed by atoms with van der Waals surface area (Å²) in [7, 11) is 0. The van der Waals surface area contributed by atoms with Crippen molar-refractivity contribution >= 4 is 17.8 Å². The maximum Gasteiger partial charge on any atom is 0.322 e. The lowest BCUT2D eigenvalue weighted by Crippen LogP contribution is -2.49. The lowest BCUT2D eigenvalue weighted by molar-refractivity contribution is -0.131. The van der Waals surface area contributed by atoms with E-state index in [4.69, 9.17) is 0 Å². The van der Waals surface area contributed by atoms with E-state index in [-0.39, 0.29) is 23.8 Å². The zero-order valence-corrected chi connectivity index (χ0v) is 13.3. The number of carbonyl (C=O) groups excluding carboxylic acids is 3. The van der Waals surface area contributed by atoms with Gasteiger partial charge < -0.3 is 10.2 Å². The highest BCUT2D eigenvalue weighted by Gasteiger charge is 2.51. The van der Waals surface area contributed by atoms with Gasteiger partial charge in [-0.05, 0) is 24.2 Å². The van der Waals surface area contributed by atoms with Crippen LogP contribution in [0.3, 0.4) is 0 Å². The molecule has 4 amide bonds. The summed E-state index contributed by atoms with van der Waals surface area (Å²) in [6.45, 7) is 9.38. The standard InChI is InChI=1S/C15H25N3O3/c1-10(8-14(2,3)4)7-11(19)18-6-5-15(9-18)12(20)16-13(21)17-15/h10H,5-9H2,1-4H3,(H2,16,17,20,21). The summed E-state index contributed by atoms with van der Waals surface area (Å²) in [5, 5.41) is 4.92. The number of rotatable bonds is 3. The molecule has 0 saturated carbocycles. The van der Waals surface area contributed by atoms with Crippen LogP contribution in [0.5, 0.6) is 0 Å². The molecule has 2 saturated heterocycles. The molecule has 0 radical (unpaired) electrons. The molecule has 0 aliphatic carbocycles. The summed E-state index contributed by atoms with van der Waals surface area (Å²) < 4.78 is 0. The molecule has 6 nitrogen and oxygen atoms in total. The lowest BCUT2D eigenvalue weighted by Gasteiger charge is -2.25. The first-order chi connectivity index (χ1) is 9.61. The van der Waals surface area contributed by atoms with Crippen LogP contribution >= 0.6 is 0 Å². The van der Waals surface area contributed by atoms with E-state index < -0.39 is 11.6 Å². The van der Waals surface area contributed by atoms with Gasteiger partial charge in [0, 0.05) is 13.0 Å². The van der Waals surface area contributed by atoms with E-state index in [1.807, 2.05) is 0 Å². The second kappa shape index (κ2) is 5.31. The second-order valence-electron chi connectivity index (χ2n) is 7.63. The number of nitrogens with zero attached hydrogens (tertiary/aromatic N) is 1. The molecule has 118 valence electrons. The Kier molecular flexibility index (Phi) is 4.00. The van der Waals surface area contributed by atoms with E-state index in [2.05, 4.69) is 38.3 Å². The Morgan fingerprint density at radius 3 is 2.57 bits per heavy atom. The molecular weight excluding hydrogens is 270 g/mol. The van der Waals surface area contributed by atoms with Crippen molar-refractivity contribution in [2.24, 2.45) is 11.3 Å². The molecule has 2 aliphatic rings. The molecule has 2 N–H and O–H groups in total.